The molecular formula is C20H20F3NO5. The Bertz CT molecular complexity index is 826. The zero-order valence-corrected chi connectivity index (χ0v) is 15.4. The number of carbonyl (C=O) groups is 1. The molecule has 6 nitrogen and oxygen atoms in total. The summed E-state index contributed by atoms with van der Waals surface area (Å²) in [5, 5.41) is 8.82. The van der Waals surface area contributed by atoms with E-state index in [-0.39, 0.29) is 18.3 Å². The van der Waals surface area contributed by atoms with Gasteiger partial charge in [-0.3, -0.25) is 9.69 Å². The van der Waals surface area contributed by atoms with Crippen molar-refractivity contribution in [3.05, 3.63) is 54.1 Å². The second-order valence-electron chi connectivity index (χ2n) is 6.47. The Morgan fingerprint density at radius 3 is 2.48 bits per heavy atom. The Hall–Kier alpha value is -2.78. The number of carboxylic acids is 1. The van der Waals surface area contributed by atoms with E-state index in [9.17, 15) is 18.0 Å². The Morgan fingerprint density at radius 1 is 1.14 bits per heavy atom. The van der Waals surface area contributed by atoms with Crippen LogP contribution in [0.3, 0.4) is 0 Å². The van der Waals surface area contributed by atoms with Gasteiger partial charge in [0, 0.05) is 19.6 Å². The molecule has 1 heterocycles. The van der Waals surface area contributed by atoms with E-state index in [0.717, 1.165) is 5.56 Å². The summed E-state index contributed by atoms with van der Waals surface area (Å²) in [5.74, 6) is -0.963. The van der Waals surface area contributed by atoms with Crippen LogP contribution >= 0.6 is 0 Å². The Kier molecular flexibility index (Phi) is 6.60. The lowest BCUT2D eigenvalue weighted by atomic mass is 10.1. The lowest BCUT2D eigenvalue weighted by Gasteiger charge is -2.32. The van der Waals surface area contributed by atoms with Gasteiger partial charge in [0.2, 0.25) is 0 Å². The molecule has 1 unspecified atom stereocenters. The molecule has 0 aliphatic carbocycles. The fourth-order valence-electron chi connectivity index (χ4n) is 2.98. The first-order chi connectivity index (χ1) is 13.8. The van der Waals surface area contributed by atoms with Crippen molar-refractivity contribution in [2.24, 2.45) is 0 Å². The number of aliphatic carboxylic acids is 1. The van der Waals surface area contributed by atoms with Crippen LogP contribution in [0.25, 0.3) is 0 Å². The summed E-state index contributed by atoms with van der Waals surface area (Å²) in [7, 11) is 0. The quantitative estimate of drug-likeness (QED) is 0.736. The maximum Gasteiger partial charge on any atom is 0.573 e. The number of alkyl halides is 3. The van der Waals surface area contributed by atoms with Crippen LogP contribution in [0.2, 0.25) is 0 Å². The van der Waals surface area contributed by atoms with Gasteiger partial charge in [0.1, 0.15) is 5.75 Å². The summed E-state index contributed by atoms with van der Waals surface area (Å²) >= 11 is 0. The summed E-state index contributed by atoms with van der Waals surface area (Å²) in [6, 6.07) is 12.4. The summed E-state index contributed by atoms with van der Waals surface area (Å²) in [5.41, 5.74) is 0.872. The molecule has 1 saturated heterocycles. The molecule has 0 bridgehead atoms. The van der Waals surface area contributed by atoms with Crippen molar-refractivity contribution in [1.82, 2.24) is 4.90 Å². The fraction of sp³-hybridized carbons (Fsp3) is 0.350. The molecule has 0 aromatic heterocycles. The molecule has 0 amide bonds. The number of halogens is 3. The van der Waals surface area contributed by atoms with Gasteiger partial charge < -0.3 is 19.3 Å². The molecule has 0 saturated carbocycles. The molecule has 0 spiro atoms. The van der Waals surface area contributed by atoms with E-state index in [4.69, 9.17) is 14.6 Å². The van der Waals surface area contributed by atoms with E-state index in [1.165, 1.54) is 18.2 Å². The van der Waals surface area contributed by atoms with Gasteiger partial charge in [-0.05, 0) is 29.8 Å². The third kappa shape index (κ3) is 6.37. The van der Waals surface area contributed by atoms with Crippen molar-refractivity contribution in [2.45, 2.75) is 18.9 Å². The maximum atomic E-state index is 12.5. The summed E-state index contributed by atoms with van der Waals surface area (Å²) in [6.45, 7) is 2.17. The zero-order valence-electron chi connectivity index (χ0n) is 15.4. The topological polar surface area (TPSA) is 68.2 Å². The predicted molar refractivity (Wildman–Crippen MR) is 97.0 cm³/mol. The van der Waals surface area contributed by atoms with E-state index in [0.29, 0.717) is 32.0 Å². The molecule has 1 fully saturated rings. The molecule has 9 heteroatoms. The van der Waals surface area contributed by atoms with Crippen molar-refractivity contribution in [2.75, 3.05) is 26.2 Å². The van der Waals surface area contributed by atoms with Gasteiger partial charge in [-0.15, -0.1) is 13.2 Å². The van der Waals surface area contributed by atoms with E-state index < -0.39 is 18.1 Å². The third-order valence-corrected chi connectivity index (χ3v) is 4.35. The predicted octanol–water partition coefficient (Wildman–Crippen LogP) is 4.23. The van der Waals surface area contributed by atoms with Crippen LogP contribution in [0.15, 0.2) is 48.5 Å². The SMILES string of the molecule is O=C(O)CCN1CCOC(c2ccc(Oc3ccccc3OC(F)(F)F)cc2)C1. The van der Waals surface area contributed by atoms with E-state index >= 15 is 0 Å². The van der Waals surface area contributed by atoms with Crippen molar-refractivity contribution in [1.29, 1.82) is 0 Å². The molecule has 1 N–H and O–H groups in total. The van der Waals surface area contributed by atoms with E-state index in [1.807, 2.05) is 4.90 Å². The number of morpholine rings is 1. The minimum Gasteiger partial charge on any atom is -0.481 e. The highest BCUT2D eigenvalue weighted by atomic mass is 19.4. The number of para-hydroxylation sites is 2. The van der Waals surface area contributed by atoms with Crippen LogP contribution in [0.4, 0.5) is 13.2 Å². The van der Waals surface area contributed by atoms with E-state index in [2.05, 4.69) is 4.74 Å². The van der Waals surface area contributed by atoms with Gasteiger partial charge in [0.05, 0.1) is 19.1 Å². The largest absolute Gasteiger partial charge is 0.573 e. The lowest BCUT2D eigenvalue weighted by Crippen LogP contribution is -2.39. The van der Waals surface area contributed by atoms with Crippen LogP contribution in [0.5, 0.6) is 17.2 Å². The maximum absolute atomic E-state index is 12.5. The lowest BCUT2D eigenvalue weighted by molar-refractivity contribution is -0.275. The molecule has 29 heavy (non-hydrogen) atoms. The van der Waals surface area contributed by atoms with Crippen LogP contribution in [0, 0.1) is 0 Å². The number of nitrogens with zero attached hydrogens (tertiary/aromatic N) is 1. The van der Waals surface area contributed by atoms with Gasteiger partial charge in [-0.2, -0.15) is 0 Å². The highest BCUT2D eigenvalue weighted by Gasteiger charge is 2.32. The van der Waals surface area contributed by atoms with Crippen molar-refractivity contribution >= 4 is 5.97 Å². The number of hydrogen-bond acceptors (Lipinski definition) is 5. The summed E-state index contributed by atoms with van der Waals surface area (Å²) in [4.78, 5) is 12.8. The zero-order chi connectivity index (χ0) is 20.9. The minimum absolute atomic E-state index is 0.0497. The first-order valence-electron chi connectivity index (χ1n) is 8.98. The second-order valence-corrected chi connectivity index (χ2v) is 6.47. The fourth-order valence-corrected chi connectivity index (χ4v) is 2.98. The molecule has 2 aromatic carbocycles. The normalized spacial score (nSPS) is 17.7. The van der Waals surface area contributed by atoms with Crippen LogP contribution < -0.4 is 9.47 Å². The van der Waals surface area contributed by atoms with Crippen LogP contribution in [-0.2, 0) is 9.53 Å². The number of carboxylic acid groups (broad SMARTS) is 1. The molecule has 0 radical (unpaired) electrons. The number of hydrogen-bond donors (Lipinski definition) is 1. The van der Waals surface area contributed by atoms with Crippen molar-refractivity contribution < 1.29 is 37.3 Å². The standard InChI is InChI=1S/C20H20F3NO5/c21-20(22,23)29-17-4-2-1-3-16(17)28-15-7-5-14(6-8-15)18-13-24(11-12-27-18)10-9-19(25)26/h1-8,18H,9-13H2,(H,25,26). The molecule has 1 aliphatic heterocycles. The van der Waals surface area contributed by atoms with Gasteiger partial charge in [-0.1, -0.05) is 24.3 Å². The third-order valence-electron chi connectivity index (χ3n) is 4.35. The minimum atomic E-state index is -4.81. The van der Waals surface area contributed by atoms with E-state index in [1.54, 1.807) is 30.3 Å². The molecule has 2 aromatic rings. The van der Waals surface area contributed by atoms with Gasteiger partial charge in [-0.25, -0.2) is 0 Å². The van der Waals surface area contributed by atoms with Crippen molar-refractivity contribution in [3.63, 3.8) is 0 Å². The first-order valence-corrected chi connectivity index (χ1v) is 8.98. The highest BCUT2D eigenvalue weighted by molar-refractivity contribution is 5.66. The van der Waals surface area contributed by atoms with Gasteiger partial charge in [0.15, 0.2) is 11.5 Å². The summed E-state index contributed by atoms with van der Waals surface area (Å²) < 4.78 is 52.8. The van der Waals surface area contributed by atoms with Gasteiger partial charge >= 0.3 is 12.3 Å². The smallest absolute Gasteiger partial charge is 0.481 e. The van der Waals surface area contributed by atoms with Gasteiger partial charge in [0.25, 0.3) is 0 Å². The number of benzene rings is 2. The summed E-state index contributed by atoms with van der Waals surface area (Å²) in [6.07, 6.45) is -4.96. The Labute approximate surface area is 165 Å². The Balaban J connectivity index is 1.64. The average Bonchev–Trinajstić information content (AvgIpc) is 2.68. The second kappa shape index (κ2) is 9.15. The monoisotopic (exact) mass is 411 g/mol. The number of ether oxygens (including phenoxy) is 3. The Morgan fingerprint density at radius 2 is 1.83 bits per heavy atom. The van der Waals surface area contributed by atoms with Crippen LogP contribution in [0.1, 0.15) is 18.1 Å². The van der Waals surface area contributed by atoms with Crippen LogP contribution in [-0.4, -0.2) is 48.6 Å². The first kappa shape index (κ1) is 20.9. The highest BCUT2D eigenvalue weighted by Crippen LogP contribution is 2.35. The van der Waals surface area contributed by atoms with Crippen molar-refractivity contribution in [3.8, 4) is 17.2 Å². The molecular weight excluding hydrogens is 391 g/mol. The molecule has 1 atom stereocenters. The molecule has 1 aliphatic rings. The average molecular weight is 411 g/mol. The number of rotatable bonds is 7. The molecule has 156 valence electrons. The molecule has 3 rings (SSSR count).